The minimum absolute atomic E-state index is 0.284. The molecular weight excluding hydrogens is 298 g/mol. The Hall–Kier alpha value is -1.87. The maximum Gasteiger partial charge on any atom is 0.303 e. The van der Waals surface area contributed by atoms with Gasteiger partial charge in [0, 0.05) is 19.0 Å². The molecule has 3 nitrogen and oxygen atoms in total. The van der Waals surface area contributed by atoms with Crippen LogP contribution in [0.1, 0.15) is 50.5 Å². The molecule has 3 heteroatoms. The van der Waals surface area contributed by atoms with Crippen molar-refractivity contribution in [3.8, 4) is 0 Å². The Bertz CT molecular complexity index is 671. The first-order chi connectivity index (χ1) is 11.7. The molecule has 0 heterocycles. The number of rotatable bonds is 8. The molecule has 0 unspecified atom stereocenters. The lowest BCUT2D eigenvalue weighted by Crippen LogP contribution is -2.33. The molecule has 0 spiro atoms. The van der Waals surface area contributed by atoms with Gasteiger partial charge >= 0.3 is 5.97 Å². The van der Waals surface area contributed by atoms with Gasteiger partial charge in [0.15, 0.2) is 0 Å². The quantitative estimate of drug-likeness (QED) is 0.706. The summed E-state index contributed by atoms with van der Waals surface area (Å²) in [7, 11) is 0. The topological polar surface area (TPSA) is 40.5 Å². The lowest BCUT2D eigenvalue weighted by Gasteiger charge is -2.29. The molecule has 1 fully saturated rings. The summed E-state index contributed by atoms with van der Waals surface area (Å²) >= 11 is 0. The van der Waals surface area contributed by atoms with E-state index in [0.29, 0.717) is 6.04 Å². The number of hydrogen-bond acceptors (Lipinski definition) is 2. The molecule has 0 amide bonds. The largest absolute Gasteiger partial charge is 0.481 e. The van der Waals surface area contributed by atoms with E-state index in [1.807, 2.05) is 0 Å². The highest BCUT2D eigenvalue weighted by Crippen LogP contribution is 2.27. The molecule has 0 aliphatic heterocycles. The number of carbonyl (C=O) groups is 1. The van der Waals surface area contributed by atoms with Crippen molar-refractivity contribution in [3.63, 3.8) is 0 Å². The van der Waals surface area contributed by atoms with E-state index in [1.54, 1.807) is 0 Å². The first kappa shape index (κ1) is 17.0. The Kier molecular flexibility index (Phi) is 5.86. The predicted octanol–water partition coefficient (Wildman–Crippen LogP) is 4.84. The third-order valence-electron chi connectivity index (χ3n) is 5.18. The Labute approximate surface area is 144 Å². The van der Waals surface area contributed by atoms with E-state index in [9.17, 15) is 4.79 Å². The standard InChI is InChI=1S/C21H27NO2/c23-21(24)14-5-6-15-22(19-11-2-3-12-19)16-18-10-7-9-17-8-1-4-13-20(17)18/h1,4,7-10,13,19H,2-3,5-6,11-12,14-16H2,(H,23,24). The molecule has 128 valence electrons. The number of aliphatic carboxylic acids is 1. The minimum Gasteiger partial charge on any atom is -0.481 e. The Morgan fingerprint density at radius 2 is 1.79 bits per heavy atom. The van der Waals surface area contributed by atoms with E-state index in [1.165, 1.54) is 42.0 Å². The predicted molar refractivity (Wildman–Crippen MR) is 98.1 cm³/mol. The lowest BCUT2D eigenvalue weighted by atomic mass is 10.0. The summed E-state index contributed by atoms with van der Waals surface area (Å²) in [5, 5.41) is 11.5. The van der Waals surface area contributed by atoms with Gasteiger partial charge in [0.2, 0.25) is 0 Å². The van der Waals surface area contributed by atoms with Crippen molar-refractivity contribution >= 4 is 16.7 Å². The second kappa shape index (κ2) is 8.29. The number of unbranched alkanes of at least 4 members (excludes halogenated alkanes) is 1. The van der Waals surface area contributed by atoms with Crippen LogP contribution in [0.25, 0.3) is 10.8 Å². The van der Waals surface area contributed by atoms with E-state index >= 15 is 0 Å². The second-order valence-corrected chi connectivity index (χ2v) is 6.90. The van der Waals surface area contributed by atoms with Crippen molar-refractivity contribution in [2.45, 2.75) is 57.5 Å². The minimum atomic E-state index is -0.684. The molecule has 2 aromatic carbocycles. The van der Waals surface area contributed by atoms with Gasteiger partial charge < -0.3 is 5.11 Å². The van der Waals surface area contributed by atoms with Crippen molar-refractivity contribution in [2.75, 3.05) is 6.54 Å². The normalized spacial score (nSPS) is 15.4. The van der Waals surface area contributed by atoms with E-state index in [-0.39, 0.29) is 6.42 Å². The van der Waals surface area contributed by atoms with Crippen molar-refractivity contribution < 1.29 is 9.90 Å². The van der Waals surface area contributed by atoms with Crippen LogP contribution in [0.5, 0.6) is 0 Å². The first-order valence-corrected chi connectivity index (χ1v) is 9.16. The zero-order chi connectivity index (χ0) is 16.8. The summed E-state index contributed by atoms with van der Waals surface area (Å²) in [6, 6.07) is 15.8. The Morgan fingerprint density at radius 3 is 2.58 bits per heavy atom. The van der Waals surface area contributed by atoms with Gasteiger partial charge in [-0.25, -0.2) is 0 Å². The highest BCUT2D eigenvalue weighted by atomic mass is 16.4. The molecule has 3 rings (SSSR count). The fourth-order valence-corrected chi connectivity index (χ4v) is 3.90. The van der Waals surface area contributed by atoms with Crippen LogP contribution in [-0.4, -0.2) is 28.6 Å². The van der Waals surface area contributed by atoms with Gasteiger partial charge in [-0.3, -0.25) is 9.69 Å². The zero-order valence-electron chi connectivity index (χ0n) is 14.3. The van der Waals surface area contributed by atoms with Gasteiger partial charge in [-0.05, 0) is 48.6 Å². The monoisotopic (exact) mass is 325 g/mol. The van der Waals surface area contributed by atoms with Crippen molar-refractivity contribution in [1.29, 1.82) is 0 Å². The number of carboxylic acid groups (broad SMARTS) is 1. The number of nitrogens with zero attached hydrogens (tertiary/aromatic N) is 1. The maximum atomic E-state index is 10.7. The first-order valence-electron chi connectivity index (χ1n) is 9.16. The fraction of sp³-hybridized carbons (Fsp3) is 0.476. The highest BCUT2D eigenvalue weighted by Gasteiger charge is 2.22. The molecular formula is C21H27NO2. The van der Waals surface area contributed by atoms with E-state index in [0.717, 1.165) is 25.9 Å². The van der Waals surface area contributed by atoms with E-state index in [4.69, 9.17) is 5.11 Å². The van der Waals surface area contributed by atoms with Crippen LogP contribution in [0.15, 0.2) is 42.5 Å². The summed E-state index contributed by atoms with van der Waals surface area (Å²) in [5.74, 6) is -0.684. The molecule has 1 aliphatic rings. The summed E-state index contributed by atoms with van der Waals surface area (Å²) in [5.41, 5.74) is 1.39. The third kappa shape index (κ3) is 4.35. The Balaban J connectivity index is 1.71. The van der Waals surface area contributed by atoms with Gasteiger partial charge in [0.1, 0.15) is 0 Å². The molecule has 0 radical (unpaired) electrons. The zero-order valence-corrected chi connectivity index (χ0v) is 14.3. The van der Waals surface area contributed by atoms with Crippen LogP contribution in [0.3, 0.4) is 0 Å². The molecule has 1 saturated carbocycles. The molecule has 0 atom stereocenters. The van der Waals surface area contributed by atoms with Crippen molar-refractivity contribution in [3.05, 3.63) is 48.0 Å². The molecule has 0 bridgehead atoms. The smallest absolute Gasteiger partial charge is 0.303 e. The fourth-order valence-electron chi connectivity index (χ4n) is 3.90. The van der Waals surface area contributed by atoms with Crippen LogP contribution in [0, 0.1) is 0 Å². The average molecular weight is 325 g/mol. The van der Waals surface area contributed by atoms with Crippen LogP contribution >= 0.6 is 0 Å². The van der Waals surface area contributed by atoms with Gasteiger partial charge in [-0.1, -0.05) is 55.3 Å². The molecule has 0 aromatic heterocycles. The van der Waals surface area contributed by atoms with Crippen molar-refractivity contribution in [2.24, 2.45) is 0 Å². The van der Waals surface area contributed by atoms with Crippen LogP contribution < -0.4 is 0 Å². The maximum absolute atomic E-state index is 10.7. The molecule has 1 aliphatic carbocycles. The molecule has 1 N–H and O–H groups in total. The van der Waals surface area contributed by atoms with E-state index in [2.05, 4.69) is 47.4 Å². The van der Waals surface area contributed by atoms with Gasteiger partial charge in [-0.15, -0.1) is 0 Å². The van der Waals surface area contributed by atoms with Crippen LogP contribution in [0.2, 0.25) is 0 Å². The number of fused-ring (bicyclic) bond motifs is 1. The molecule has 24 heavy (non-hydrogen) atoms. The van der Waals surface area contributed by atoms with Gasteiger partial charge in [0.05, 0.1) is 0 Å². The molecule has 0 saturated heterocycles. The highest BCUT2D eigenvalue weighted by molar-refractivity contribution is 5.85. The summed E-state index contributed by atoms with van der Waals surface area (Å²) in [6.45, 7) is 1.97. The van der Waals surface area contributed by atoms with Gasteiger partial charge in [0.25, 0.3) is 0 Å². The number of carboxylic acids is 1. The van der Waals surface area contributed by atoms with Crippen LogP contribution in [0.4, 0.5) is 0 Å². The summed E-state index contributed by atoms with van der Waals surface area (Å²) in [4.78, 5) is 13.3. The second-order valence-electron chi connectivity index (χ2n) is 6.90. The number of benzene rings is 2. The number of hydrogen-bond donors (Lipinski definition) is 1. The SMILES string of the molecule is O=C(O)CCCCN(Cc1cccc2ccccc12)C1CCCC1. The van der Waals surface area contributed by atoms with E-state index < -0.39 is 5.97 Å². The third-order valence-corrected chi connectivity index (χ3v) is 5.18. The lowest BCUT2D eigenvalue weighted by molar-refractivity contribution is -0.137. The summed E-state index contributed by atoms with van der Waals surface area (Å²) < 4.78 is 0. The summed E-state index contributed by atoms with van der Waals surface area (Å²) in [6.07, 6.45) is 7.24. The Morgan fingerprint density at radius 1 is 1.04 bits per heavy atom. The van der Waals surface area contributed by atoms with Crippen molar-refractivity contribution in [1.82, 2.24) is 4.90 Å². The van der Waals surface area contributed by atoms with Crippen LogP contribution in [-0.2, 0) is 11.3 Å². The van der Waals surface area contributed by atoms with Gasteiger partial charge in [-0.2, -0.15) is 0 Å². The average Bonchev–Trinajstić information content (AvgIpc) is 3.12. The molecule has 2 aromatic rings.